The van der Waals surface area contributed by atoms with E-state index < -0.39 is 5.91 Å². The lowest BCUT2D eigenvalue weighted by Crippen LogP contribution is -2.23. The van der Waals surface area contributed by atoms with Crippen molar-refractivity contribution in [3.63, 3.8) is 0 Å². The van der Waals surface area contributed by atoms with Crippen LogP contribution >= 0.6 is 43.5 Å². The third kappa shape index (κ3) is 13.7. The Labute approximate surface area is 336 Å². The molecule has 0 saturated heterocycles. The molecule has 3 heterocycles. The second-order valence-corrected chi connectivity index (χ2v) is 13.0. The van der Waals surface area contributed by atoms with Crippen molar-refractivity contribution in [2.75, 3.05) is 30.1 Å². The summed E-state index contributed by atoms with van der Waals surface area (Å²) in [6.45, 7) is 9.42. The Balaban J connectivity index is 0.00000123. The number of carbonyl (C=O) groups excluding carboxylic acids is 2. The molecule has 5 rings (SSSR count). The average molecular weight is 873 g/mol. The number of rotatable bonds is 9. The maximum atomic E-state index is 12.6. The molecule has 0 bridgehead atoms. The lowest BCUT2D eigenvalue weighted by Gasteiger charge is -2.11. The highest BCUT2D eigenvalue weighted by atomic mass is 79.9. The highest BCUT2D eigenvalue weighted by molar-refractivity contribution is 9.09. The van der Waals surface area contributed by atoms with Gasteiger partial charge in [0.2, 0.25) is 5.91 Å². The van der Waals surface area contributed by atoms with Gasteiger partial charge in [-0.15, -0.1) is 12.4 Å². The van der Waals surface area contributed by atoms with E-state index in [1.807, 2.05) is 89.2 Å². The summed E-state index contributed by atoms with van der Waals surface area (Å²) in [5.74, 6) is 2.12. The van der Waals surface area contributed by atoms with Crippen molar-refractivity contribution in [2.45, 2.75) is 45.9 Å². The number of nitrogens with zero attached hydrogens (tertiary/aromatic N) is 4. The van der Waals surface area contributed by atoms with E-state index in [4.69, 9.17) is 16.1 Å². The van der Waals surface area contributed by atoms with Gasteiger partial charge < -0.3 is 25.5 Å². The Morgan fingerprint density at radius 2 is 1.71 bits per heavy atom. The number of hydrogen-bond donors (Lipinski definition) is 4. The SMILES string of the molecule is C.C=CCBr.CC(C)(C)c1noc(C(=O)NCc2ccc(-c3ccnc4nc(-c5ccccc5NC(=O)/C=C/CBr)[nH]c34)cc2Cl)n1.CNC.[CH3][Al]. The molecule has 4 N–H and O–H groups in total. The molecule has 2 amide bonds. The summed E-state index contributed by atoms with van der Waals surface area (Å²) in [5.41, 5.74) is 4.65. The van der Waals surface area contributed by atoms with Crippen LogP contribution in [0.4, 0.5) is 5.69 Å². The number of carbonyl (C=O) groups is 2. The van der Waals surface area contributed by atoms with Gasteiger partial charge in [-0.05, 0) is 49.5 Å². The van der Waals surface area contributed by atoms with E-state index in [0.717, 1.165) is 33.1 Å². The summed E-state index contributed by atoms with van der Waals surface area (Å²) in [6.07, 6.45) is 6.66. The molecule has 0 aliphatic heterocycles. The first-order valence-electron chi connectivity index (χ1n) is 15.7. The van der Waals surface area contributed by atoms with E-state index in [-0.39, 0.29) is 31.2 Å². The molecule has 2 aromatic carbocycles. The number of benzene rings is 2. The summed E-state index contributed by atoms with van der Waals surface area (Å²) in [6, 6.07) is 14.9. The summed E-state index contributed by atoms with van der Waals surface area (Å²) < 4.78 is 5.12. The molecule has 2 radical (unpaired) electrons. The van der Waals surface area contributed by atoms with Crippen LogP contribution in [0.25, 0.3) is 33.7 Å². The maximum absolute atomic E-state index is 12.6. The van der Waals surface area contributed by atoms with E-state index >= 15 is 0 Å². The van der Waals surface area contributed by atoms with E-state index in [9.17, 15) is 9.59 Å². The number of fused-ring (bicyclic) bond motifs is 1. The number of alkyl halides is 2. The van der Waals surface area contributed by atoms with E-state index in [1.165, 1.54) is 6.08 Å². The maximum Gasteiger partial charge on any atom is 0.315 e. The minimum absolute atomic E-state index is 0. The normalized spacial score (nSPS) is 10.4. The molecule has 52 heavy (non-hydrogen) atoms. The topological polar surface area (TPSA) is 151 Å². The van der Waals surface area contributed by atoms with Crippen molar-refractivity contribution in [1.29, 1.82) is 0 Å². The monoisotopic (exact) mass is 870 g/mol. The van der Waals surface area contributed by atoms with E-state index in [1.54, 1.807) is 18.3 Å². The second-order valence-electron chi connectivity index (χ2n) is 11.3. The van der Waals surface area contributed by atoms with Crippen LogP contribution in [0.3, 0.4) is 0 Å². The molecular formula is C37H46AlBr2ClN8O3. The molecule has 0 fully saturated rings. The van der Waals surface area contributed by atoms with Gasteiger partial charge >= 0.3 is 11.8 Å². The number of H-pyrrole nitrogens is 1. The first-order chi connectivity index (χ1) is 24.5. The fourth-order valence-corrected chi connectivity index (χ4v) is 4.57. The second kappa shape index (κ2) is 23.8. The van der Waals surface area contributed by atoms with E-state index in [2.05, 4.69) is 95.8 Å². The summed E-state index contributed by atoms with van der Waals surface area (Å²) in [4.78, 5) is 41.5. The van der Waals surface area contributed by atoms with Crippen molar-refractivity contribution >= 4 is 88.4 Å². The van der Waals surface area contributed by atoms with Gasteiger partial charge in [-0.3, -0.25) is 9.59 Å². The zero-order valence-corrected chi connectivity index (χ0v) is 34.6. The number of hydrogen-bond acceptors (Lipinski definition) is 8. The van der Waals surface area contributed by atoms with Crippen LogP contribution in [-0.4, -0.2) is 78.0 Å². The highest BCUT2D eigenvalue weighted by Crippen LogP contribution is 2.33. The molecule has 0 saturated carbocycles. The number of allylic oxidation sites excluding steroid dienone is 2. The molecule has 0 atom stereocenters. The lowest BCUT2D eigenvalue weighted by molar-refractivity contribution is -0.111. The number of imidazole rings is 1. The molecule has 11 nitrogen and oxygen atoms in total. The lowest BCUT2D eigenvalue weighted by atomic mass is 9.96. The largest absolute Gasteiger partial charge is 0.344 e. The molecule has 0 spiro atoms. The third-order valence-corrected chi connectivity index (χ3v) is 7.58. The zero-order valence-electron chi connectivity index (χ0n) is 29.5. The molecule has 276 valence electrons. The Hall–Kier alpha value is -3.64. The minimum atomic E-state index is -0.477. The predicted molar refractivity (Wildman–Crippen MR) is 223 cm³/mol. The number of amides is 2. The Morgan fingerprint density at radius 1 is 1.04 bits per heavy atom. The van der Waals surface area contributed by atoms with Crippen molar-refractivity contribution in [2.24, 2.45) is 0 Å². The zero-order chi connectivity index (χ0) is 38.0. The van der Waals surface area contributed by atoms with Crippen LogP contribution in [0, 0.1) is 0 Å². The Bertz CT molecular complexity index is 1910. The molecule has 15 heteroatoms. The molecule has 0 aliphatic carbocycles. The van der Waals surface area contributed by atoms with Crippen molar-refractivity contribution < 1.29 is 14.1 Å². The highest BCUT2D eigenvalue weighted by Gasteiger charge is 2.24. The van der Waals surface area contributed by atoms with Gasteiger partial charge in [-0.1, -0.05) is 113 Å². The van der Waals surface area contributed by atoms with Crippen LogP contribution < -0.4 is 16.0 Å². The van der Waals surface area contributed by atoms with Crippen LogP contribution in [-0.2, 0) is 16.8 Å². The van der Waals surface area contributed by atoms with Gasteiger partial charge in [0.1, 0.15) is 22.1 Å². The smallest absolute Gasteiger partial charge is 0.315 e. The molecule has 0 aliphatic rings. The molecule has 0 unspecified atom stereocenters. The number of aromatic amines is 1. The van der Waals surface area contributed by atoms with Gasteiger partial charge in [-0.25, -0.2) is 9.97 Å². The van der Waals surface area contributed by atoms with Crippen molar-refractivity contribution in [1.82, 2.24) is 35.7 Å². The number of nitrogens with one attached hydrogen (secondary N) is 4. The number of para-hydroxylation sites is 1. The summed E-state index contributed by atoms with van der Waals surface area (Å²) in [7, 11) is 3.75. The Morgan fingerprint density at radius 3 is 2.31 bits per heavy atom. The fraction of sp³-hybridized carbons (Fsp3) is 0.297. The number of anilines is 1. The van der Waals surface area contributed by atoms with Crippen molar-refractivity contribution in [3.8, 4) is 22.5 Å². The van der Waals surface area contributed by atoms with Crippen LogP contribution in [0.1, 0.15) is 50.3 Å². The number of aromatic nitrogens is 5. The Kier molecular flexibility index (Phi) is 21.3. The number of pyridine rings is 1. The van der Waals surface area contributed by atoms with Gasteiger partial charge in [0.15, 0.2) is 11.5 Å². The van der Waals surface area contributed by atoms with Gasteiger partial charge in [0, 0.05) is 51.0 Å². The van der Waals surface area contributed by atoms with Crippen LogP contribution in [0.15, 0.2) is 84.1 Å². The summed E-state index contributed by atoms with van der Waals surface area (Å²) in [5, 5.41) is 14.3. The fourth-order valence-electron chi connectivity index (χ4n) is 4.13. The standard InChI is InChI=1S/C30H27BrClN7O3.C3H5Br.C2H7N.CH4.CH3.Al/c1-30(2,3)29-38-28(42-39-29)27(41)34-16-18-11-10-17(15-21(18)32)19-12-14-33-26-24(19)36-25(37-26)20-7-4-5-8-22(20)35-23(40)9-6-13-31;1-2-3-4;1-3-2;;;/h4-12,14-15H,13,16H2,1-3H3,(H,34,41)(H,35,40)(H,33,36,37);2H,1,3H2;3H,1-2H3;1H4;1H3;/b9-6+;;;;;. The van der Waals surface area contributed by atoms with E-state index in [0.29, 0.717) is 33.3 Å². The predicted octanol–water partition coefficient (Wildman–Crippen LogP) is 8.69. The van der Waals surface area contributed by atoms with Crippen LogP contribution in [0.5, 0.6) is 0 Å². The molecular weight excluding hydrogens is 827 g/mol. The van der Waals surface area contributed by atoms with Crippen molar-refractivity contribution in [3.05, 3.63) is 102 Å². The average Bonchev–Trinajstić information content (AvgIpc) is 3.80. The van der Waals surface area contributed by atoms with Crippen LogP contribution in [0.2, 0.25) is 10.8 Å². The quantitative estimate of drug-likeness (QED) is 0.0498. The van der Waals surface area contributed by atoms with Gasteiger partial charge in [0.05, 0.1) is 11.2 Å². The molecule has 3 aromatic heterocycles. The van der Waals surface area contributed by atoms with Gasteiger partial charge in [0.25, 0.3) is 0 Å². The first-order valence-corrected chi connectivity index (χ1v) is 19.5. The summed E-state index contributed by atoms with van der Waals surface area (Å²) >= 11 is 15.5. The number of halogens is 3. The molecule has 5 aromatic rings. The third-order valence-electron chi connectivity index (χ3n) is 6.39. The first kappa shape index (κ1) is 46.4. The van der Waals surface area contributed by atoms with Gasteiger partial charge in [-0.2, -0.15) is 4.98 Å². The minimum Gasteiger partial charge on any atom is -0.344 e.